The maximum absolute atomic E-state index is 13.5. The van der Waals surface area contributed by atoms with E-state index in [0.717, 1.165) is 53.5 Å². The molecule has 3 aliphatic rings. The summed E-state index contributed by atoms with van der Waals surface area (Å²) in [6, 6.07) is 0. The van der Waals surface area contributed by atoms with Crippen LogP contribution in [-0.2, 0) is 117 Å². The van der Waals surface area contributed by atoms with Crippen LogP contribution >= 0.6 is 229 Å². The van der Waals surface area contributed by atoms with Crippen molar-refractivity contribution < 1.29 is 167 Å². The van der Waals surface area contributed by atoms with Crippen molar-refractivity contribution in [3.8, 4) is 0 Å². The van der Waals surface area contributed by atoms with Crippen LogP contribution in [0.2, 0.25) is 0 Å². The molecule has 119 heavy (non-hydrogen) atoms. The zero-order valence-electron chi connectivity index (χ0n) is 80.3. The number of aliphatic hydroxyl groups is 2. The fraction of sp³-hybridized carbons (Fsp3) is 0.617. The van der Waals surface area contributed by atoms with Gasteiger partial charge in [-0.25, -0.2) is 61.9 Å². The average molecular weight is 2850 g/mol. The first kappa shape index (κ1) is 80.9. The van der Waals surface area contributed by atoms with Crippen LogP contribution in [0.3, 0.4) is 0 Å². The summed E-state index contributed by atoms with van der Waals surface area (Å²) < 4.78 is 389. The fourth-order valence-corrected chi connectivity index (χ4v) is 12.8. The van der Waals surface area contributed by atoms with Gasteiger partial charge in [0.25, 0.3) is 0 Å². The van der Waals surface area contributed by atoms with Crippen LogP contribution in [0.5, 0.6) is 0 Å². The van der Waals surface area contributed by atoms with Gasteiger partial charge in [-0.3, -0.25) is 9.80 Å². The number of hydrogen-bond acceptors (Lipinski definition) is 27. The number of hydrogen-bond donors (Lipinski definition) is 3. The number of carbonyl (C=O) groups is 3. The van der Waals surface area contributed by atoms with Gasteiger partial charge >= 0.3 is 99.6 Å². The van der Waals surface area contributed by atoms with Crippen LogP contribution in [0, 0.1) is 0 Å². The summed E-state index contributed by atoms with van der Waals surface area (Å²) >= 11 is 21.2. The number of halogens is 24. The van der Waals surface area contributed by atoms with Crippen molar-refractivity contribution in [3.05, 3.63) is 83.0 Å². The maximum Gasteiger partial charge on any atom is 0.435 e. The van der Waals surface area contributed by atoms with E-state index in [2.05, 4.69) is 254 Å². The minimum atomic E-state index is -4.84. The van der Waals surface area contributed by atoms with E-state index in [1.54, 1.807) is 0 Å². The predicted molar refractivity (Wildman–Crippen MR) is 479 cm³/mol. The standard InChI is InChI=1S/2C14H17F3N4O3S.C8H8F3N3O2S.C7H6F3N3OS.C6H4F3N3OS.C6H11NO2.CHI3.CH2I2.CH3I.2CH4.I3/c2*1-3-4-8-5-20(13(22)24-8)6-9-11(14(15,16)17)18-12-21(9)19-10(25-12)7-23-2;1-16-3-5-13-14-4(2-15)6(8(9,10)11)12-7(14)17-5;1-14-3-5-12-13-2-4(7(8,9)10)11-6(13)15-5;7-6(8,9)3-1-12-5(10-3)14-4(2-13)11-12;1-2-3-5-4-7-6(8)9-5;2-1(3)4;2-1-3;1-2;;;1-3-2/h2*8H,3-7H2,1-2H3;15H,2-3H2,1H3;2H,3H2,1H3;1,13H,2H2;5H,2-4H2,1H3,(H,7,8);1H;1H2;1H3;2*1H4;/q;;;;;;;;;;;-1/i2*2D3,7D2;2*1D3,3D2;2D2;;;;;;;. The molecular formula is C60H77F15I9N18O12S5-. The second kappa shape index (κ2) is 54.8. The molecule has 0 radical (unpaired) electrons. The zero-order valence-corrected chi connectivity index (χ0v) is 81.8. The smallest absolute Gasteiger partial charge is 0.435 e. The number of imidazole rings is 5. The van der Waals surface area contributed by atoms with E-state index >= 15 is 0 Å². The van der Waals surface area contributed by atoms with Crippen LogP contribution < -0.4 is 18.6 Å². The second-order valence-electron chi connectivity index (χ2n) is 21.1. The van der Waals surface area contributed by atoms with Crippen molar-refractivity contribution in [2.75, 3.05) is 55.2 Å². The summed E-state index contributed by atoms with van der Waals surface area (Å²) in [5.74, 6) is 0. The molecule has 3 unspecified atom stereocenters. The van der Waals surface area contributed by atoms with Crippen molar-refractivity contribution in [2.45, 2.75) is 176 Å². The van der Waals surface area contributed by atoms with Gasteiger partial charge in [-0.05, 0) is 24.2 Å². The number of cyclic esters (lactones) is 3. The monoisotopic (exact) mass is 2850 g/mol. The summed E-state index contributed by atoms with van der Waals surface area (Å²) in [6.07, 6.45) is -20.4. The Morgan fingerprint density at radius 1 is 0.521 bits per heavy atom. The normalized spacial score (nSPS) is 18.9. The van der Waals surface area contributed by atoms with Gasteiger partial charge in [-0.1, -0.05) is 247 Å². The molecule has 3 atom stereocenters. The van der Waals surface area contributed by atoms with Crippen LogP contribution in [0.15, 0.2) is 12.4 Å². The first-order valence-corrected chi connectivity index (χ1v) is 56.4. The topological polar surface area (TPSA) is 326 Å². The Labute approximate surface area is 832 Å². The number of alkyl carbamates (subject to hydrolysis) is 1. The summed E-state index contributed by atoms with van der Waals surface area (Å²) in [6.45, 7) is -9.38. The van der Waals surface area contributed by atoms with Gasteiger partial charge in [0, 0.05) is 28.2 Å². The first-order chi connectivity index (χ1) is 63.2. The number of nitrogens with zero attached hydrogens (tertiary/aromatic N) is 17. The summed E-state index contributed by atoms with van der Waals surface area (Å²) in [5, 5.41) is 36.3. The quantitative estimate of drug-likeness (QED) is 0.0276. The Kier molecular flexibility index (Phi) is 37.2. The van der Waals surface area contributed by atoms with Crippen molar-refractivity contribution in [1.29, 1.82) is 0 Å². The molecule has 3 aliphatic heterocycles. The summed E-state index contributed by atoms with van der Waals surface area (Å²) in [4.78, 5) is 54.0. The number of rotatable bonds is 20. The minimum Gasteiger partial charge on any atom is -0.444 e. The zero-order chi connectivity index (χ0) is 107. The third-order valence-electron chi connectivity index (χ3n) is 13.3. The Bertz CT molecular complexity index is 5370. The number of ether oxygens (including phenoxy) is 7. The Morgan fingerprint density at radius 2 is 0.824 bits per heavy atom. The summed E-state index contributed by atoms with van der Waals surface area (Å²) in [7, 11) is -12.3. The Hall–Kier alpha value is -1.41. The largest absolute Gasteiger partial charge is 0.444 e. The molecule has 3 fully saturated rings. The molecular weight excluding hydrogens is 2750 g/mol. The first-order valence-electron chi connectivity index (χ1n) is 41.8. The SMILES string of the molecule is C.C.CCCC1CNC(=O)O1.CI.IC(I)I.ICI.I[I-]I.[2H]C([2H])(O)c1nn2cc(C(F)(F)F)nc2s1.[2H]C([2H])([2H])OC([2H])([2H])c1nn2c(CN3CC(CCC)OC3=O)c(C(F)(F)F)nc2s1.[2H]C([2H])([2H])OC([2H])([2H])c1nn2c(CN3CC(CCC)OC3=O)c(C(F)(F)F)nc2s1.[2H]C([2H])([2H])OC([2H])([2H])c1nn2c(CO)c(C(F)(F)F)nc2s1.[2H]C([2H])([2H])OC([2H])([2H])c1nn2cc(C(F)(F)F)nc2s1. The van der Waals surface area contributed by atoms with E-state index < -0.39 is 202 Å². The van der Waals surface area contributed by atoms with Gasteiger partial charge in [0.15, 0.2) is 28.5 Å². The van der Waals surface area contributed by atoms with E-state index in [1.807, 2.05) is 18.8 Å². The minimum absolute atomic E-state index is 0. The number of nitrogens with one attached hydrogen (secondary N) is 1. The molecule has 13 rings (SSSR count). The van der Waals surface area contributed by atoms with Gasteiger partial charge in [-0.2, -0.15) is 91.3 Å². The van der Waals surface area contributed by atoms with E-state index in [1.165, 1.54) is 2.43 Å². The molecule has 10 aromatic heterocycles. The van der Waals surface area contributed by atoms with E-state index in [9.17, 15) is 80.2 Å². The molecule has 3 saturated heterocycles. The van der Waals surface area contributed by atoms with Crippen LogP contribution in [0.4, 0.5) is 80.2 Å². The van der Waals surface area contributed by atoms with Crippen molar-refractivity contribution >= 4 is 273 Å². The molecule has 59 heteroatoms. The van der Waals surface area contributed by atoms with Gasteiger partial charge in [0.05, 0.1) is 128 Å². The third kappa shape index (κ3) is 35.9. The molecule has 0 aliphatic carbocycles. The van der Waals surface area contributed by atoms with Gasteiger partial charge in [0.1, 0.15) is 49.0 Å². The van der Waals surface area contributed by atoms with E-state index in [0.29, 0.717) is 106 Å². The molecule has 13 heterocycles. The molecule has 3 amide bonds. The molecule has 0 spiro atoms. The fourth-order valence-electron chi connectivity index (χ4n) is 9.16. The number of aliphatic hydroxyl groups excluding tert-OH is 1. The number of methoxy groups -OCH3 is 4. The van der Waals surface area contributed by atoms with Crippen LogP contribution in [-0.4, -0.2) is 185 Å². The number of amides is 3. The van der Waals surface area contributed by atoms with Crippen LogP contribution in [0.1, 0.15) is 175 Å². The molecule has 0 aromatic carbocycles. The van der Waals surface area contributed by atoms with E-state index in [-0.39, 0.29) is 70.0 Å². The molecule has 678 valence electrons. The maximum atomic E-state index is 13.5. The number of fused-ring (bicyclic) bond motifs is 5. The Morgan fingerprint density at radius 3 is 1.11 bits per heavy atom. The molecule has 30 nitrogen and oxygen atoms in total. The van der Waals surface area contributed by atoms with Gasteiger partial charge in [-0.15, -0.1) is 0 Å². The average Bonchev–Trinajstić information content (AvgIpc) is 1.55. The number of alkyl halides is 21. The van der Waals surface area contributed by atoms with Gasteiger partial charge in [0.2, 0.25) is 24.8 Å². The Balaban J connectivity index is 0.000000571. The predicted octanol–water partition coefficient (Wildman–Crippen LogP) is 17.2. The van der Waals surface area contributed by atoms with E-state index in [4.69, 9.17) is 54.6 Å². The van der Waals surface area contributed by atoms with Crippen molar-refractivity contribution in [1.82, 2.24) is 88.1 Å². The van der Waals surface area contributed by atoms with Gasteiger partial charge < -0.3 is 48.7 Å². The second-order valence-corrected chi connectivity index (χ2v) is 57.4. The third-order valence-corrected chi connectivity index (χ3v) is 17.4. The molecule has 3 N–H and O–H groups in total. The molecule has 10 aromatic rings. The molecule has 0 saturated carbocycles. The molecule has 0 bridgehead atoms. The van der Waals surface area contributed by atoms with Crippen molar-refractivity contribution in [3.63, 3.8) is 0 Å². The summed E-state index contributed by atoms with van der Waals surface area (Å²) in [5.41, 5.74) is -7.78. The van der Waals surface area contributed by atoms with Crippen molar-refractivity contribution in [2.24, 2.45) is 0 Å². The number of carbonyl (C=O) groups excluding carboxylic acids is 3. The van der Waals surface area contributed by atoms with Crippen LogP contribution in [0.25, 0.3) is 24.8 Å². The number of aromatic nitrogens is 15.